The standard InChI is InChI=1S/C25H25F2N5O2S2/c1-4-21-24(30(2)25-29-22(15-35-25)17-5-7-19(26)20(27)13-17)32-14-18(6-8-23(32)28-21)16-9-11-31(12-10-16)36(3,33)34/h5-9,13-15H,4,10-12H2,1-3H3. The highest BCUT2D eigenvalue weighted by Gasteiger charge is 2.22. The summed E-state index contributed by atoms with van der Waals surface area (Å²) in [6, 6.07) is 7.74. The minimum atomic E-state index is -3.22. The summed E-state index contributed by atoms with van der Waals surface area (Å²) >= 11 is 1.41. The molecule has 188 valence electrons. The lowest BCUT2D eigenvalue weighted by Crippen LogP contribution is -2.33. The Balaban J connectivity index is 1.50. The van der Waals surface area contributed by atoms with Crippen LogP contribution in [0.5, 0.6) is 0 Å². The van der Waals surface area contributed by atoms with E-state index in [1.165, 1.54) is 28.0 Å². The molecule has 0 saturated heterocycles. The van der Waals surface area contributed by atoms with E-state index in [-0.39, 0.29) is 0 Å². The summed E-state index contributed by atoms with van der Waals surface area (Å²) in [5.74, 6) is -0.929. The van der Waals surface area contributed by atoms with E-state index in [4.69, 9.17) is 4.98 Å². The van der Waals surface area contributed by atoms with E-state index in [0.29, 0.717) is 42.3 Å². The lowest BCUT2D eigenvalue weighted by Gasteiger charge is -2.24. The summed E-state index contributed by atoms with van der Waals surface area (Å²) in [5, 5.41) is 2.51. The van der Waals surface area contributed by atoms with Gasteiger partial charge in [0.05, 0.1) is 17.6 Å². The topological polar surface area (TPSA) is 70.8 Å². The van der Waals surface area contributed by atoms with Gasteiger partial charge in [-0.25, -0.2) is 27.2 Å². The third kappa shape index (κ3) is 4.54. The average molecular weight is 530 g/mol. The number of halogens is 2. The molecule has 1 aliphatic heterocycles. The van der Waals surface area contributed by atoms with Crippen LogP contribution in [0.2, 0.25) is 0 Å². The molecule has 3 aromatic heterocycles. The number of hydrogen-bond acceptors (Lipinski definition) is 6. The Labute approximate surface area is 212 Å². The number of imidazole rings is 1. The van der Waals surface area contributed by atoms with Gasteiger partial charge in [0.15, 0.2) is 16.8 Å². The second kappa shape index (κ2) is 9.38. The molecule has 0 amide bonds. The smallest absolute Gasteiger partial charge is 0.211 e. The van der Waals surface area contributed by atoms with Crippen molar-refractivity contribution in [3.8, 4) is 11.3 Å². The quantitative estimate of drug-likeness (QED) is 0.347. The molecule has 0 N–H and O–H groups in total. The fourth-order valence-corrected chi connectivity index (χ4v) is 5.94. The van der Waals surface area contributed by atoms with Crippen molar-refractivity contribution in [2.45, 2.75) is 19.8 Å². The normalized spacial score (nSPS) is 14.9. The summed E-state index contributed by atoms with van der Waals surface area (Å²) in [4.78, 5) is 11.4. The Morgan fingerprint density at radius 2 is 1.89 bits per heavy atom. The fraction of sp³-hybridized carbons (Fsp3) is 0.280. The summed E-state index contributed by atoms with van der Waals surface area (Å²) in [6.07, 6.45) is 6.56. The predicted octanol–water partition coefficient (Wildman–Crippen LogP) is 5.12. The molecule has 1 aliphatic rings. The van der Waals surface area contributed by atoms with Crippen LogP contribution in [0.15, 0.2) is 48.0 Å². The van der Waals surface area contributed by atoms with E-state index in [1.54, 1.807) is 0 Å². The van der Waals surface area contributed by atoms with E-state index in [0.717, 1.165) is 40.4 Å². The summed E-state index contributed by atoms with van der Waals surface area (Å²) < 4.78 is 54.3. The first-order valence-electron chi connectivity index (χ1n) is 11.5. The first kappa shape index (κ1) is 24.5. The summed E-state index contributed by atoms with van der Waals surface area (Å²) in [7, 11) is -1.31. The highest BCUT2D eigenvalue weighted by molar-refractivity contribution is 7.88. The van der Waals surface area contributed by atoms with E-state index in [2.05, 4.69) is 4.98 Å². The number of nitrogens with zero attached hydrogens (tertiary/aromatic N) is 5. The number of thiazole rings is 1. The zero-order valence-electron chi connectivity index (χ0n) is 20.1. The first-order valence-corrected chi connectivity index (χ1v) is 14.2. The molecule has 0 saturated carbocycles. The van der Waals surface area contributed by atoms with Gasteiger partial charge in [0.25, 0.3) is 0 Å². The zero-order chi connectivity index (χ0) is 25.6. The molecule has 0 radical (unpaired) electrons. The Morgan fingerprint density at radius 1 is 1.11 bits per heavy atom. The van der Waals surface area contributed by atoms with Crippen molar-refractivity contribution in [2.75, 3.05) is 31.3 Å². The van der Waals surface area contributed by atoms with Gasteiger partial charge in [-0.1, -0.05) is 13.0 Å². The average Bonchev–Trinajstić information content (AvgIpc) is 3.49. The second-order valence-electron chi connectivity index (χ2n) is 8.69. The molecule has 4 heterocycles. The molecular formula is C25H25F2N5O2S2. The van der Waals surface area contributed by atoms with Crippen molar-refractivity contribution < 1.29 is 17.2 Å². The van der Waals surface area contributed by atoms with Gasteiger partial charge in [-0.05, 0) is 54.3 Å². The molecule has 0 aliphatic carbocycles. The van der Waals surface area contributed by atoms with Crippen LogP contribution in [0.3, 0.4) is 0 Å². The van der Waals surface area contributed by atoms with Gasteiger partial charge < -0.3 is 4.90 Å². The maximum Gasteiger partial charge on any atom is 0.211 e. The van der Waals surface area contributed by atoms with Crippen molar-refractivity contribution in [1.82, 2.24) is 18.7 Å². The van der Waals surface area contributed by atoms with Crippen LogP contribution < -0.4 is 4.90 Å². The van der Waals surface area contributed by atoms with Crippen LogP contribution in [0.1, 0.15) is 24.6 Å². The van der Waals surface area contributed by atoms with E-state index in [9.17, 15) is 17.2 Å². The molecule has 4 aromatic rings. The molecule has 1 aromatic carbocycles. The largest absolute Gasteiger partial charge is 0.305 e. The third-order valence-electron chi connectivity index (χ3n) is 6.32. The maximum atomic E-state index is 13.7. The summed E-state index contributed by atoms with van der Waals surface area (Å²) in [5.41, 5.74) is 4.87. The van der Waals surface area contributed by atoms with E-state index < -0.39 is 21.7 Å². The lowest BCUT2D eigenvalue weighted by molar-refractivity contribution is 0.446. The van der Waals surface area contributed by atoms with Gasteiger partial charge in [-0.3, -0.25) is 4.40 Å². The Morgan fingerprint density at radius 3 is 2.56 bits per heavy atom. The van der Waals surface area contributed by atoms with Crippen LogP contribution in [-0.4, -0.2) is 53.5 Å². The number of anilines is 2. The van der Waals surface area contributed by atoms with Gasteiger partial charge in [0.1, 0.15) is 11.5 Å². The lowest BCUT2D eigenvalue weighted by atomic mass is 10.0. The molecule has 36 heavy (non-hydrogen) atoms. The SMILES string of the molecule is CCc1nc2ccc(C3=CCN(S(C)(=O)=O)CC3)cn2c1N(C)c1nc(-c2ccc(F)c(F)c2)cs1. The second-order valence-corrected chi connectivity index (χ2v) is 11.5. The third-order valence-corrected chi connectivity index (χ3v) is 8.51. The van der Waals surface area contributed by atoms with Crippen LogP contribution in [0.4, 0.5) is 19.7 Å². The number of aromatic nitrogens is 3. The minimum absolute atomic E-state index is 0.356. The number of hydrogen-bond donors (Lipinski definition) is 0. The van der Waals surface area contributed by atoms with Crippen LogP contribution in [0, 0.1) is 11.6 Å². The van der Waals surface area contributed by atoms with Crippen molar-refractivity contribution in [2.24, 2.45) is 0 Å². The highest BCUT2D eigenvalue weighted by Crippen LogP contribution is 2.35. The predicted molar refractivity (Wildman–Crippen MR) is 139 cm³/mol. The molecule has 7 nitrogen and oxygen atoms in total. The van der Waals surface area contributed by atoms with E-state index >= 15 is 0 Å². The van der Waals surface area contributed by atoms with Crippen molar-refractivity contribution in [3.63, 3.8) is 0 Å². The molecule has 0 fully saturated rings. The van der Waals surface area contributed by atoms with Crippen molar-refractivity contribution in [3.05, 3.63) is 70.9 Å². The molecule has 0 spiro atoms. The van der Waals surface area contributed by atoms with E-state index in [1.807, 2.05) is 53.1 Å². The van der Waals surface area contributed by atoms with Crippen LogP contribution >= 0.6 is 11.3 Å². The zero-order valence-corrected chi connectivity index (χ0v) is 21.7. The van der Waals surface area contributed by atoms with Crippen LogP contribution in [0.25, 0.3) is 22.5 Å². The highest BCUT2D eigenvalue weighted by atomic mass is 32.2. The number of benzene rings is 1. The monoisotopic (exact) mass is 529 g/mol. The van der Waals surface area contributed by atoms with Gasteiger partial charge in [-0.2, -0.15) is 4.31 Å². The molecule has 0 bridgehead atoms. The minimum Gasteiger partial charge on any atom is -0.305 e. The van der Waals surface area contributed by atoms with Crippen molar-refractivity contribution >= 4 is 43.5 Å². The van der Waals surface area contributed by atoms with Crippen LogP contribution in [-0.2, 0) is 16.4 Å². The van der Waals surface area contributed by atoms with Gasteiger partial charge >= 0.3 is 0 Å². The Bertz CT molecular complexity index is 1590. The van der Waals surface area contributed by atoms with Gasteiger partial charge in [-0.15, -0.1) is 11.3 Å². The maximum absolute atomic E-state index is 13.7. The molecule has 0 unspecified atom stereocenters. The number of aryl methyl sites for hydroxylation is 1. The first-order chi connectivity index (χ1) is 17.2. The van der Waals surface area contributed by atoms with Gasteiger partial charge in [0.2, 0.25) is 10.0 Å². The Hall–Kier alpha value is -3.15. The molecule has 11 heteroatoms. The molecular weight excluding hydrogens is 504 g/mol. The fourth-order valence-electron chi connectivity index (χ4n) is 4.37. The Kier molecular flexibility index (Phi) is 6.39. The summed E-state index contributed by atoms with van der Waals surface area (Å²) in [6.45, 7) is 2.85. The van der Waals surface area contributed by atoms with Gasteiger partial charge in [0, 0.05) is 37.3 Å². The number of rotatable bonds is 6. The van der Waals surface area contributed by atoms with Crippen molar-refractivity contribution in [1.29, 1.82) is 0 Å². The molecule has 5 rings (SSSR count). The molecule has 0 atom stereocenters. The number of fused-ring (bicyclic) bond motifs is 1. The number of pyridine rings is 1. The number of sulfonamides is 1.